The van der Waals surface area contributed by atoms with Gasteiger partial charge in [-0.05, 0) is 47.9 Å². The Morgan fingerprint density at radius 2 is 1.83 bits per heavy atom. The molecule has 108 valence electrons. The molecule has 2 N–H and O–H groups in total. The summed E-state index contributed by atoms with van der Waals surface area (Å²) in [5.41, 5.74) is 6.03. The molecule has 3 unspecified atom stereocenters. The van der Waals surface area contributed by atoms with Crippen LogP contribution in [0.3, 0.4) is 0 Å². The lowest BCUT2D eigenvalue weighted by Crippen LogP contribution is -2.49. The maximum Gasteiger partial charge on any atom is 0.0788 e. The molecule has 0 bridgehead atoms. The van der Waals surface area contributed by atoms with Crippen LogP contribution in [-0.2, 0) is 4.74 Å². The van der Waals surface area contributed by atoms with Gasteiger partial charge >= 0.3 is 0 Å². The first-order chi connectivity index (χ1) is 8.12. The summed E-state index contributed by atoms with van der Waals surface area (Å²) in [4.78, 5) is 2.41. The number of nitrogens with zero attached hydrogens (tertiary/aromatic N) is 1. The number of thioether (sulfide) groups is 1. The van der Waals surface area contributed by atoms with Crippen LogP contribution in [0.2, 0.25) is 0 Å². The molecule has 0 radical (unpaired) electrons. The quantitative estimate of drug-likeness (QED) is 0.834. The zero-order chi connectivity index (χ0) is 14.1. The third-order valence-corrected chi connectivity index (χ3v) is 5.12. The Bertz CT molecular complexity index is 281. The summed E-state index contributed by atoms with van der Waals surface area (Å²) in [6.07, 6.45) is 2.15. The average molecular weight is 274 g/mol. The molecular formula is C14H30N2OS. The summed E-state index contributed by atoms with van der Waals surface area (Å²) < 4.78 is 6.14. The second-order valence-corrected chi connectivity index (χ2v) is 7.60. The van der Waals surface area contributed by atoms with Gasteiger partial charge in [-0.15, -0.1) is 0 Å². The van der Waals surface area contributed by atoms with Crippen LogP contribution < -0.4 is 5.73 Å². The number of ether oxygens (including phenoxy) is 1. The first kappa shape index (κ1) is 16.3. The Morgan fingerprint density at radius 3 is 2.22 bits per heavy atom. The van der Waals surface area contributed by atoms with E-state index >= 15 is 0 Å². The lowest BCUT2D eigenvalue weighted by molar-refractivity contribution is -0.0784. The highest BCUT2D eigenvalue weighted by Gasteiger charge is 2.52. The van der Waals surface area contributed by atoms with Gasteiger partial charge in [0, 0.05) is 30.3 Å². The van der Waals surface area contributed by atoms with Gasteiger partial charge in [-0.1, -0.05) is 0 Å². The normalized spacial score (nSPS) is 31.8. The fourth-order valence-electron chi connectivity index (χ4n) is 2.93. The van der Waals surface area contributed by atoms with Gasteiger partial charge in [0.15, 0.2) is 0 Å². The highest BCUT2D eigenvalue weighted by molar-refractivity contribution is 7.98. The molecule has 3 atom stereocenters. The Labute approximate surface area is 117 Å². The molecule has 0 aromatic carbocycles. The van der Waals surface area contributed by atoms with Crippen molar-refractivity contribution in [1.29, 1.82) is 0 Å². The first-order valence-electron chi connectivity index (χ1n) is 6.76. The molecule has 1 aliphatic rings. The molecule has 1 heterocycles. The van der Waals surface area contributed by atoms with Crippen molar-refractivity contribution < 1.29 is 4.74 Å². The Hall–Kier alpha value is 0.230. The standard InChI is InChI=1S/C14H30N2OS/c1-10(9-18-7)16(6)8-11-12(15)14(4,5)17-13(11,2)3/h10-12H,8-9,15H2,1-7H3. The minimum absolute atomic E-state index is 0.0939. The molecule has 3 nitrogen and oxygen atoms in total. The number of hydrogen-bond donors (Lipinski definition) is 1. The molecule has 1 fully saturated rings. The maximum absolute atomic E-state index is 6.40. The summed E-state index contributed by atoms with van der Waals surface area (Å²) >= 11 is 1.89. The van der Waals surface area contributed by atoms with Gasteiger partial charge < -0.3 is 15.4 Å². The third-order valence-electron chi connectivity index (χ3n) is 4.30. The van der Waals surface area contributed by atoms with E-state index in [1.54, 1.807) is 0 Å². The number of hydrogen-bond acceptors (Lipinski definition) is 4. The van der Waals surface area contributed by atoms with Crippen molar-refractivity contribution in [2.24, 2.45) is 11.7 Å². The van der Waals surface area contributed by atoms with E-state index in [2.05, 4.69) is 52.8 Å². The molecule has 0 aromatic rings. The van der Waals surface area contributed by atoms with Crippen LogP contribution in [0.25, 0.3) is 0 Å². The van der Waals surface area contributed by atoms with Crippen LogP contribution in [0.4, 0.5) is 0 Å². The van der Waals surface area contributed by atoms with Crippen LogP contribution in [-0.4, -0.2) is 53.8 Å². The largest absolute Gasteiger partial charge is 0.368 e. The van der Waals surface area contributed by atoms with E-state index in [1.807, 2.05) is 11.8 Å². The van der Waals surface area contributed by atoms with Gasteiger partial charge in [0.2, 0.25) is 0 Å². The Kier molecular flexibility index (Phi) is 5.15. The van der Waals surface area contributed by atoms with E-state index < -0.39 is 0 Å². The monoisotopic (exact) mass is 274 g/mol. The zero-order valence-electron chi connectivity index (χ0n) is 13.0. The number of rotatable bonds is 5. The van der Waals surface area contributed by atoms with Gasteiger partial charge in [-0.25, -0.2) is 0 Å². The van der Waals surface area contributed by atoms with Gasteiger partial charge in [-0.3, -0.25) is 0 Å². The summed E-state index contributed by atoms with van der Waals surface area (Å²) in [5, 5.41) is 0. The molecule has 0 saturated carbocycles. The van der Waals surface area contributed by atoms with Crippen molar-refractivity contribution in [2.45, 2.75) is 57.9 Å². The predicted octanol–water partition coefficient (Wildman–Crippen LogP) is 2.20. The van der Waals surface area contributed by atoms with Crippen molar-refractivity contribution in [3.05, 3.63) is 0 Å². The highest BCUT2D eigenvalue weighted by Crippen LogP contribution is 2.41. The summed E-state index contributed by atoms with van der Waals surface area (Å²) in [7, 11) is 2.19. The van der Waals surface area contributed by atoms with E-state index in [4.69, 9.17) is 10.5 Å². The van der Waals surface area contributed by atoms with E-state index in [9.17, 15) is 0 Å². The van der Waals surface area contributed by atoms with E-state index in [-0.39, 0.29) is 17.2 Å². The molecule has 0 amide bonds. The van der Waals surface area contributed by atoms with Crippen LogP contribution in [0.15, 0.2) is 0 Å². The molecule has 1 saturated heterocycles. The van der Waals surface area contributed by atoms with Crippen LogP contribution in [0, 0.1) is 5.92 Å². The molecule has 0 spiro atoms. The molecule has 4 heteroatoms. The smallest absolute Gasteiger partial charge is 0.0788 e. The SMILES string of the molecule is CSCC(C)N(C)CC1C(N)C(C)(C)OC1(C)C. The molecule has 1 rings (SSSR count). The molecule has 18 heavy (non-hydrogen) atoms. The van der Waals surface area contributed by atoms with Crippen LogP contribution >= 0.6 is 11.8 Å². The van der Waals surface area contributed by atoms with Gasteiger partial charge in [0.25, 0.3) is 0 Å². The molecule has 1 aliphatic heterocycles. The van der Waals surface area contributed by atoms with Crippen molar-refractivity contribution in [2.75, 3.05) is 25.6 Å². The lowest BCUT2D eigenvalue weighted by Gasteiger charge is -2.34. The lowest BCUT2D eigenvalue weighted by atomic mass is 9.82. The maximum atomic E-state index is 6.40. The Morgan fingerprint density at radius 1 is 1.28 bits per heavy atom. The summed E-state index contributed by atoms with van der Waals surface area (Å²) in [5.74, 6) is 1.53. The minimum Gasteiger partial charge on any atom is -0.368 e. The van der Waals surface area contributed by atoms with Crippen molar-refractivity contribution in [3.63, 3.8) is 0 Å². The second-order valence-electron chi connectivity index (χ2n) is 6.69. The van der Waals surface area contributed by atoms with Crippen molar-refractivity contribution in [1.82, 2.24) is 4.90 Å². The van der Waals surface area contributed by atoms with Crippen LogP contribution in [0.5, 0.6) is 0 Å². The molecule has 0 aliphatic carbocycles. The van der Waals surface area contributed by atoms with Gasteiger partial charge in [-0.2, -0.15) is 11.8 Å². The van der Waals surface area contributed by atoms with Crippen molar-refractivity contribution in [3.8, 4) is 0 Å². The number of nitrogens with two attached hydrogens (primary N) is 1. The molecular weight excluding hydrogens is 244 g/mol. The fraction of sp³-hybridized carbons (Fsp3) is 1.00. The second kappa shape index (κ2) is 5.70. The topological polar surface area (TPSA) is 38.5 Å². The third kappa shape index (κ3) is 3.41. The zero-order valence-corrected chi connectivity index (χ0v) is 13.8. The van der Waals surface area contributed by atoms with Gasteiger partial charge in [0.05, 0.1) is 11.2 Å². The van der Waals surface area contributed by atoms with E-state index in [0.717, 1.165) is 12.3 Å². The highest BCUT2D eigenvalue weighted by atomic mass is 32.2. The average Bonchev–Trinajstić information content (AvgIpc) is 2.36. The van der Waals surface area contributed by atoms with Crippen LogP contribution in [0.1, 0.15) is 34.6 Å². The van der Waals surface area contributed by atoms with Crippen molar-refractivity contribution >= 4 is 11.8 Å². The minimum atomic E-state index is -0.224. The predicted molar refractivity (Wildman–Crippen MR) is 81.2 cm³/mol. The molecule has 0 aromatic heterocycles. The summed E-state index contributed by atoms with van der Waals surface area (Å²) in [6.45, 7) is 11.8. The Balaban J connectivity index is 2.71. The first-order valence-corrected chi connectivity index (χ1v) is 8.16. The van der Waals surface area contributed by atoms with E-state index in [1.165, 1.54) is 0 Å². The van der Waals surface area contributed by atoms with E-state index in [0.29, 0.717) is 12.0 Å². The fourth-order valence-corrected chi connectivity index (χ4v) is 3.67. The summed E-state index contributed by atoms with van der Waals surface area (Å²) in [6, 6.07) is 0.670. The van der Waals surface area contributed by atoms with Gasteiger partial charge in [0.1, 0.15) is 0 Å².